The molecule has 0 aromatic carbocycles. The molecule has 5 heteroatoms. The fraction of sp³-hybridized carbons (Fsp3) is 0.500. The van der Waals surface area contributed by atoms with E-state index in [1.165, 1.54) is 0 Å². The number of hydrogen-bond donors (Lipinski definition) is 0. The minimum atomic E-state index is -0.414. The van der Waals surface area contributed by atoms with Gasteiger partial charge in [0.15, 0.2) is 5.82 Å². The highest BCUT2D eigenvalue weighted by molar-refractivity contribution is 5.74. The summed E-state index contributed by atoms with van der Waals surface area (Å²) in [6.45, 7) is 5.06. The normalized spacial score (nSPS) is 11.5. The predicted octanol–water partition coefficient (Wildman–Crippen LogP) is 2.04. The summed E-state index contributed by atoms with van der Waals surface area (Å²) in [5, 5.41) is 0. The molecule has 5 nitrogen and oxygen atoms in total. The summed E-state index contributed by atoms with van der Waals surface area (Å²) < 4.78 is 13.1. The van der Waals surface area contributed by atoms with Crippen molar-refractivity contribution in [3.63, 3.8) is 0 Å². The van der Waals surface area contributed by atoms with Crippen molar-refractivity contribution in [3.05, 3.63) is 24.3 Å². The van der Waals surface area contributed by atoms with Gasteiger partial charge >= 0.3 is 0 Å². The molecule has 17 heavy (non-hydrogen) atoms. The van der Waals surface area contributed by atoms with Crippen molar-refractivity contribution in [3.8, 4) is 0 Å². The van der Waals surface area contributed by atoms with Crippen molar-refractivity contribution in [2.75, 3.05) is 13.2 Å². The molecule has 2 aromatic heterocycles. The Morgan fingerprint density at radius 3 is 2.59 bits per heavy atom. The second-order valence-corrected chi connectivity index (χ2v) is 3.64. The van der Waals surface area contributed by atoms with Gasteiger partial charge in [0.05, 0.1) is 11.7 Å². The third-order valence-corrected chi connectivity index (χ3v) is 2.56. The second kappa shape index (κ2) is 5.25. The Labute approximate surface area is 100 Å². The molecule has 0 fully saturated rings. The van der Waals surface area contributed by atoms with Gasteiger partial charge in [0.2, 0.25) is 6.29 Å². The van der Waals surface area contributed by atoms with E-state index in [0.717, 1.165) is 16.9 Å². The average Bonchev–Trinajstić information content (AvgIpc) is 2.67. The van der Waals surface area contributed by atoms with Crippen LogP contribution in [0.4, 0.5) is 0 Å². The van der Waals surface area contributed by atoms with Crippen LogP contribution in [-0.4, -0.2) is 27.7 Å². The minimum Gasteiger partial charge on any atom is -0.346 e. The maximum Gasteiger partial charge on any atom is 0.217 e. The van der Waals surface area contributed by atoms with Crippen molar-refractivity contribution in [1.29, 1.82) is 0 Å². The van der Waals surface area contributed by atoms with Crippen molar-refractivity contribution < 1.29 is 9.47 Å². The van der Waals surface area contributed by atoms with E-state index >= 15 is 0 Å². The maximum atomic E-state index is 5.55. The van der Waals surface area contributed by atoms with Crippen LogP contribution < -0.4 is 0 Å². The van der Waals surface area contributed by atoms with E-state index in [1.807, 2.05) is 31.5 Å². The van der Waals surface area contributed by atoms with E-state index in [9.17, 15) is 0 Å². The monoisotopic (exact) mass is 235 g/mol. The minimum absolute atomic E-state index is 0.414. The number of imidazole rings is 1. The number of pyridine rings is 1. The molecule has 0 aliphatic rings. The van der Waals surface area contributed by atoms with E-state index in [-0.39, 0.29) is 0 Å². The number of aryl methyl sites for hydroxylation is 1. The van der Waals surface area contributed by atoms with Crippen LogP contribution in [0.15, 0.2) is 18.5 Å². The number of nitrogens with zero attached hydrogens (tertiary/aromatic N) is 3. The molecule has 0 atom stereocenters. The summed E-state index contributed by atoms with van der Waals surface area (Å²) >= 11 is 0. The van der Waals surface area contributed by atoms with E-state index < -0.39 is 6.29 Å². The summed E-state index contributed by atoms with van der Waals surface area (Å²) in [5.74, 6) is 0.775. The highest BCUT2D eigenvalue weighted by Crippen LogP contribution is 2.22. The van der Waals surface area contributed by atoms with Crippen LogP contribution in [0.3, 0.4) is 0 Å². The Bertz CT molecular complexity index is 489. The van der Waals surface area contributed by atoms with Gasteiger partial charge in [-0.15, -0.1) is 0 Å². The van der Waals surface area contributed by atoms with Gasteiger partial charge in [-0.25, -0.2) is 4.98 Å². The number of ether oxygens (including phenoxy) is 2. The van der Waals surface area contributed by atoms with Gasteiger partial charge in [0.1, 0.15) is 5.52 Å². The lowest BCUT2D eigenvalue weighted by atomic mass is 10.4. The van der Waals surface area contributed by atoms with Crippen LogP contribution in [0.5, 0.6) is 0 Å². The van der Waals surface area contributed by atoms with E-state index in [2.05, 4.69) is 9.97 Å². The standard InChI is InChI=1S/C12H17N3O2/c1-4-16-12(17-5-2)11-14-9-8-13-7-6-10(9)15(11)3/h6-8,12H,4-5H2,1-3H3. The zero-order chi connectivity index (χ0) is 12.3. The molecule has 92 valence electrons. The molecule has 0 aliphatic carbocycles. The molecule has 2 rings (SSSR count). The highest BCUT2D eigenvalue weighted by Gasteiger charge is 2.18. The number of aromatic nitrogens is 3. The van der Waals surface area contributed by atoms with Crippen molar-refractivity contribution in [2.45, 2.75) is 20.1 Å². The maximum absolute atomic E-state index is 5.55. The Balaban J connectivity index is 2.42. The molecule has 0 unspecified atom stereocenters. The molecule has 0 radical (unpaired) electrons. The third kappa shape index (κ3) is 2.30. The van der Waals surface area contributed by atoms with Crippen LogP contribution in [0.25, 0.3) is 11.0 Å². The first-order valence-electron chi connectivity index (χ1n) is 5.77. The molecule has 0 saturated carbocycles. The highest BCUT2D eigenvalue weighted by atomic mass is 16.7. The smallest absolute Gasteiger partial charge is 0.217 e. The topological polar surface area (TPSA) is 49.2 Å². The SMILES string of the molecule is CCOC(OCC)c1nc2cnccc2n1C. The third-order valence-electron chi connectivity index (χ3n) is 2.56. The Morgan fingerprint density at radius 1 is 1.29 bits per heavy atom. The number of hydrogen-bond acceptors (Lipinski definition) is 4. The molecule has 0 bridgehead atoms. The molecule has 2 heterocycles. The van der Waals surface area contributed by atoms with E-state index in [0.29, 0.717) is 13.2 Å². The van der Waals surface area contributed by atoms with Gasteiger partial charge in [0, 0.05) is 26.5 Å². The summed E-state index contributed by atoms with van der Waals surface area (Å²) in [6, 6.07) is 1.93. The van der Waals surface area contributed by atoms with Crippen LogP contribution in [0, 0.1) is 0 Å². The summed E-state index contributed by atoms with van der Waals surface area (Å²) in [4.78, 5) is 8.56. The fourth-order valence-electron chi connectivity index (χ4n) is 1.78. The summed E-state index contributed by atoms with van der Waals surface area (Å²) in [6.07, 6.45) is 3.08. The Kier molecular flexibility index (Phi) is 3.71. The first-order chi connectivity index (χ1) is 8.27. The van der Waals surface area contributed by atoms with Gasteiger partial charge in [0.25, 0.3) is 0 Å². The summed E-state index contributed by atoms with van der Waals surface area (Å²) in [5.41, 5.74) is 1.88. The zero-order valence-electron chi connectivity index (χ0n) is 10.4. The lowest BCUT2D eigenvalue weighted by Gasteiger charge is -2.16. The molecule has 0 spiro atoms. The number of rotatable bonds is 5. The second-order valence-electron chi connectivity index (χ2n) is 3.64. The molecule has 0 aliphatic heterocycles. The lowest BCUT2D eigenvalue weighted by molar-refractivity contribution is -0.146. The van der Waals surface area contributed by atoms with Gasteiger partial charge in [-0.1, -0.05) is 0 Å². The van der Waals surface area contributed by atoms with Crippen molar-refractivity contribution >= 4 is 11.0 Å². The first-order valence-corrected chi connectivity index (χ1v) is 5.77. The van der Waals surface area contributed by atoms with Gasteiger partial charge in [-0.3, -0.25) is 4.98 Å². The predicted molar refractivity (Wildman–Crippen MR) is 64.5 cm³/mol. The van der Waals surface area contributed by atoms with Gasteiger partial charge < -0.3 is 14.0 Å². The largest absolute Gasteiger partial charge is 0.346 e. The van der Waals surface area contributed by atoms with E-state index in [1.54, 1.807) is 12.4 Å². The van der Waals surface area contributed by atoms with Crippen LogP contribution >= 0.6 is 0 Å². The molecular formula is C12H17N3O2. The van der Waals surface area contributed by atoms with Crippen molar-refractivity contribution in [1.82, 2.24) is 14.5 Å². The summed E-state index contributed by atoms with van der Waals surface area (Å²) in [7, 11) is 1.95. The lowest BCUT2D eigenvalue weighted by Crippen LogP contribution is -2.13. The Morgan fingerprint density at radius 2 is 2.00 bits per heavy atom. The van der Waals surface area contributed by atoms with Gasteiger partial charge in [-0.05, 0) is 19.9 Å². The van der Waals surface area contributed by atoms with Crippen molar-refractivity contribution in [2.24, 2.45) is 7.05 Å². The van der Waals surface area contributed by atoms with Crippen LogP contribution in [0.2, 0.25) is 0 Å². The van der Waals surface area contributed by atoms with Crippen LogP contribution in [-0.2, 0) is 16.5 Å². The molecule has 0 saturated heterocycles. The molecule has 0 amide bonds. The molecule has 0 N–H and O–H groups in total. The van der Waals surface area contributed by atoms with E-state index in [4.69, 9.17) is 9.47 Å². The quantitative estimate of drug-likeness (QED) is 0.744. The molecular weight excluding hydrogens is 218 g/mol. The first kappa shape index (κ1) is 12.0. The number of fused-ring (bicyclic) bond motifs is 1. The average molecular weight is 235 g/mol. The van der Waals surface area contributed by atoms with Crippen LogP contribution in [0.1, 0.15) is 26.0 Å². The fourth-order valence-corrected chi connectivity index (χ4v) is 1.78. The molecule has 2 aromatic rings. The zero-order valence-corrected chi connectivity index (χ0v) is 10.4. The Hall–Kier alpha value is -1.46. The van der Waals surface area contributed by atoms with Gasteiger partial charge in [-0.2, -0.15) is 0 Å².